The Labute approximate surface area is 82.6 Å². The Morgan fingerprint density at radius 3 is 1.09 bits per heavy atom. The van der Waals surface area contributed by atoms with E-state index >= 15 is 0 Å². The first kappa shape index (κ1) is 22.5. The van der Waals surface area contributed by atoms with Gasteiger partial charge in [0.15, 0.2) is 0 Å². The number of hydrogen-bond acceptors (Lipinski definition) is 2. The standard InChI is InChI=1S/C6H16N2.2H2O.Pt/c7-5-3-1-2-4-6-8;;;/h1-8H2;2*1H2;. The molecule has 0 aromatic heterocycles. The van der Waals surface area contributed by atoms with Crippen molar-refractivity contribution in [2.45, 2.75) is 25.7 Å². The molecule has 0 unspecified atom stereocenters. The molecule has 0 saturated heterocycles. The average Bonchev–Trinajstić information content (AvgIpc) is 1.81. The van der Waals surface area contributed by atoms with Crippen LogP contribution in [0, 0.1) is 0 Å². The van der Waals surface area contributed by atoms with Crippen LogP contribution in [0.1, 0.15) is 25.7 Å². The molecule has 0 amide bonds. The van der Waals surface area contributed by atoms with E-state index in [0.29, 0.717) is 0 Å². The zero-order valence-electron chi connectivity index (χ0n) is 6.71. The van der Waals surface area contributed by atoms with Crippen LogP contribution in [-0.2, 0) is 21.1 Å². The topological polar surface area (TPSA) is 115 Å². The zero-order valence-corrected chi connectivity index (χ0v) is 8.99. The summed E-state index contributed by atoms with van der Waals surface area (Å²) in [5, 5.41) is 0. The third-order valence-corrected chi connectivity index (χ3v) is 1.16. The van der Waals surface area contributed by atoms with Crippen LogP contribution >= 0.6 is 0 Å². The summed E-state index contributed by atoms with van der Waals surface area (Å²) in [5.74, 6) is 0. The third-order valence-electron chi connectivity index (χ3n) is 1.16. The van der Waals surface area contributed by atoms with E-state index in [9.17, 15) is 0 Å². The Kier molecular flexibility index (Phi) is 46.0. The van der Waals surface area contributed by atoms with E-state index in [4.69, 9.17) is 11.5 Å². The summed E-state index contributed by atoms with van der Waals surface area (Å²) in [6.45, 7) is 1.65. The largest absolute Gasteiger partial charge is 0.412 e. The quantitative estimate of drug-likeness (QED) is 0.609. The van der Waals surface area contributed by atoms with Crippen molar-refractivity contribution in [3.8, 4) is 0 Å². The minimum atomic E-state index is 0. The van der Waals surface area contributed by atoms with Gasteiger partial charge in [-0.2, -0.15) is 0 Å². The van der Waals surface area contributed by atoms with Gasteiger partial charge < -0.3 is 22.4 Å². The number of hydrogen-bond donors (Lipinski definition) is 2. The van der Waals surface area contributed by atoms with Crippen molar-refractivity contribution in [1.29, 1.82) is 0 Å². The summed E-state index contributed by atoms with van der Waals surface area (Å²) >= 11 is 0. The molecule has 0 fully saturated rings. The maximum atomic E-state index is 5.28. The maximum absolute atomic E-state index is 5.28. The molecule has 0 heterocycles. The Balaban J connectivity index is -0.0000000817. The van der Waals surface area contributed by atoms with Gasteiger partial charge in [-0.05, 0) is 25.9 Å². The van der Waals surface area contributed by atoms with Gasteiger partial charge in [-0.3, -0.25) is 0 Å². The minimum Gasteiger partial charge on any atom is -0.412 e. The molecule has 0 spiro atoms. The summed E-state index contributed by atoms with van der Waals surface area (Å²) < 4.78 is 0. The molecule has 76 valence electrons. The van der Waals surface area contributed by atoms with Crippen LogP contribution in [0.2, 0.25) is 0 Å². The molecule has 0 radical (unpaired) electrons. The van der Waals surface area contributed by atoms with Crippen molar-refractivity contribution < 1.29 is 32.0 Å². The number of nitrogens with two attached hydrogens (primary N) is 2. The SMILES string of the molecule is NCCCCCCN.O.O.[Pt]. The van der Waals surface area contributed by atoms with Crippen LogP contribution in [0.15, 0.2) is 0 Å². The van der Waals surface area contributed by atoms with Gasteiger partial charge in [0.1, 0.15) is 0 Å². The first-order valence-electron chi connectivity index (χ1n) is 3.32. The van der Waals surface area contributed by atoms with Crippen LogP contribution in [-0.4, -0.2) is 24.0 Å². The van der Waals surface area contributed by atoms with Crippen LogP contribution in [0.3, 0.4) is 0 Å². The van der Waals surface area contributed by atoms with Crippen LogP contribution in [0.4, 0.5) is 0 Å². The van der Waals surface area contributed by atoms with Gasteiger partial charge in [-0.15, -0.1) is 0 Å². The molecule has 8 N–H and O–H groups in total. The van der Waals surface area contributed by atoms with E-state index in [1.54, 1.807) is 0 Å². The van der Waals surface area contributed by atoms with E-state index in [-0.39, 0.29) is 32.0 Å². The second-order valence-electron chi connectivity index (χ2n) is 1.99. The second kappa shape index (κ2) is 22.4. The molecule has 0 aliphatic rings. The molecule has 0 aromatic carbocycles. The first-order chi connectivity index (χ1) is 3.91. The summed E-state index contributed by atoms with van der Waals surface area (Å²) in [6.07, 6.45) is 4.79. The molecule has 5 heteroatoms. The fourth-order valence-corrected chi connectivity index (χ4v) is 0.642. The van der Waals surface area contributed by atoms with Crippen LogP contribution in [0.25, 0.3) is 0 Å². The van der Waals surface area contributed by atoms with Crippen molar-refractivity contribution in [3.63, 3.8) is 0 Å². The van der Waals surface area contributed by atoms with Gasteiger partial charge >= 0.3 is 0 Å². The van der Waals surface area contributed by atoms with Gasteiger partial charge in [0, 0.05) is 21.1 Å². The smallest absolute Gasteiger partial charge is 0 e. The van der Waals surface area contributed by atoms with Gasteiger partial charge in [0.25, 0.3) is 0 Å². The summed E-state index contributed by atoms with van der Waals surface area (Å²) in [5.41, 5.74) is 10.6. The molecule has 0 aromatic rings. The normalized spacial score (nSPS) is 7.09. The van der Waals surface area contributed by atoms with Crippen LogP contribution < -0.4 is 11.5 Å². The Morgan fingerprint density at radius 2 is 0.909 bits per heavy atom. The van der Waals surface area contributed by atoms with Crippen molar-refractivity contribution >= 4 is 0 Å². The average molecular weight is 347 g/mol. The van der Waals surface area contributed by atoms with E-state index in [0.717, 1.165) is 25.9 Å². The maximum Gasteiger partial charge on any atom is 0 e. The third kappa shape index (κ3) is 25.1. The van der Waals surface area contributed by atoms with Crippen molar-refractivity contribution in [2.75, 3.05) is 13.1 Å². The fraction of sp³-hybridized carbons (Fsp3) is 1.00. The predicted octanol–water partition coefficient (Wildman–Crippen LogP) is -1.19. The molecular formula is C6H20N2O2Pt. The molecule has 11 heavy (non-hydrogen) atoms. The molecule has 0 atom stereocenters. The van der Waals surface area contributed by atoms with E-state index in [1.807, 2.05) is 0 Å². The van der Waals surface area contributed by atoms with E-state index in [2.05, 4.69) is 0 Å². The zero-order chi connectivity index (χ0) is 6.24. The van der Waals surface area contributed by atoms with Gasteiger partial charge in [0.2, 0.25) is 0 Å². The first-order valence-corrected chi connectivity index (χ1v) is 3.32. The molecular weight excluding hydrogens is 327 g/mol. The van der Waals surface area contributed by atoms with Crippen molar-refractivity contribution in [3.05, 3.63) is 0 Å². The predicted molar refractivity (Wildman–Crippen MR) is 43.8 cm³/mol. The fourth-order valence-electron chi connectivity index (χ4n) is 0.642. The van der Waals surface area contributed by atoms with Gasteiger partial charge in [-0.1, -0.05) is 12.8 Å². The molecule has 0 aliphatic carbocycles. The molecule has 0 rings (SSSR count). The molecule has 4 nitrogen and oxygen atoms in total. The van der Waals surface area contributed by atoms with Gasteiger partial charge in [0.05, 0.1) is 0 Å². The van der Waals surface area contributed by atoms with E-state index < -0.39 is 0 Å². The Hall–Kier alpha value is 0.528. The summed E-state index contributed by atoms with van der Waals surface area (Å²) in [4.78, 5) is 0. The van der Waals surface area contributed by atoms with Gasteiger partial charge in [-0.25, -0.2) is 0 Å². The number of unbranched alkanes of at least 4 members (excludes halogenated alkanes) is 3. The Bertz CT molecular complexity index is 43.6. The molecule has 0 aliphatic heterocycles. The molecule has 0 bridgehead atoms. The second-order valence-corrected chi connectivity index (χ2v) is 1.99. The Morgan fingerprint density at radius 1 is 0.636 bits per heavy atom. The van der Waals surface area contributed by atoms with Crippen molar-refractivity contribution in [2.24, 2.45) is 11.5 Å². The van der Waals surface area contributed by atoms with E-state index in [1.165, 1.54) is 12.8 Å². The van der Waals surface area contributed by atoms with Crippen molar-refractivity contribution in [1.82, 2.24) is 0 Å². The summed E-state index contributed by atoms with van der Waals surface area (Å²) in [7, 11) is 0. The van der Waals surface area contributed by atoms with Crippen LogP contribution in [0.5, 0.6) is 0 Å². The monoisotopic (exact) mass is 347 g/mol. The minimum absolute atomic E-state index is 0. The number of rotatable bonds is 5. The molecule has 0 saturated carbocycles. The summed E-state index contributed by atoms with van der Waals surface area (Å²) in [6, 6.07) is 0.